The highest BCUT2D eigenvalue weighted by Crippen LogP contribution is 2.34. The first-order chi connectivity index (χ1) is 16.5. The Morgan fingerprint density at radius 1 is 0.971 bits per heavy atom. The van der Waals surface area contributed by atoms with E-state index >= 15 is 0 Å². The van der Waals surface area contributed by atoms with Gasteiger partial charge in [0.1, 0.15) is 0 Å². The molecule has 2 aromatic heterocycles. The number of rotatable bonds is 6. The van der Waals surface area contributed by atoms with E-state index in [2.05, 4.69) is 46.4 Å². The zero-order valence-corrected chi connectivity index (χ0v) is 22.1. The van der Waals surface area contributed by atoms with Crippen LogP contribution in [0.2, 0.25) is 0 Å². The largest absolute Gasteiger partial charge is 0.381 e. The number of hydrogen-bond acceptors (Lipinski definition) is 5. The van der Waals surface area contributed by atoms with Crippen LogP contribution in [0, 0.1) is 5.92 Å². The van der Waals surface area contributed by atoms with E-state index < -0.39 is 0 Å². The van der Waals surface area contributed by atoms with Crippen LogP contribution in [-0.4, -0.2) is 47.3 Å². The summed E-state index contributed by atoms with van der Waals surface area (Å²) in [6.45, 7) is 10.8. The summed E-state index contributed by atoms with van der Waals surface area (Å²) in [5.41, 5.74) is 4.71. The fourth-order valence-corrected chi connectivity index (χ4v) is 4.55. The van der Waals surface area contributed by atoms with Crippen LogP contribution in [0.25, 0.3) is 22.0 Å². The molecule has 0 atom stereocenters. The monoisotopic (exact) mass is 462 g/mol. The van der Waals surface area contributed by atoms with Crippen LogP contribution in [0.4, 0.5) is 5.69 Å². The Morgan fingerprint density at radius 3 is 2.21 bits per heavy atom. The Morgan fingerprint density at radius 2 is 1.62 bits per heavy atom. The second-order valence-corrected chi connectivity index (χ2v) is 8.70. The lowest BCUT2D eigenvalue weighted by Crippen LogP contribution is -2.31. The molecule has 1 N–H and O–H groups in total. The number of fused-ring (bicyclic) bond motifs is 1. The third-order valence-electron chi connectivity index (χ3n) is 6.08. The molecule has 4 rings (SSSR count). The quantitative estimate of drug-likeness (QED) is 0.396. The van der Waals surface area contributed by atoms with Crippen molar-refractivity contribution in [1.82, 2.24) is 14.9 Å². The Balaban J connectivity index is 0.000000970. The lowest BCUT2D eigenvalue weighted by molar-refractivity contribution is 0.101. The Hall–Kier alpha value is -2.79. The van der Waals surface area contributed by atoms with Gasteiger partial charge in [-0.3, -0.25) is 14.8 Å². The Kier molecular flexibility index (Phi) is 11.1. The van der Waals surface area contributed by atoms with Crippen molar-refractivity contribution in [2.45, 2.75) is 66.3 Å². The summed E-state index contributed by atoms with van der Waals surface area (Å²) in [5, 5.41) is 4.75. The molecule has 0 unspecified atom stereocenters. The summed E-state index contributed by atoms with van der Waals surface area (Å²) < 4.78 is 0. The zero-order chi connectivity index (χ0) is 25.1. The second kappa shape index (κ2) is 13.8. The smallest absolute Gasteiger partial charge is 0.163 e. The van der Waals surface area contributed by atoms with Gasteiger partial charge in [0.2, 0.25) is 0 Å². The van der Waals surface area contributed by atoms with E-state index in [0.29, 0.717) is 11.6 Å². The highest BCUT2D eigenvalue weighted by Gasteiger charge is 2.23. The topological polar surface area (TPSA) is 58.1 Å². The molecule has 0 amide bonds. The Labute approximate surface area is 206 Å². The van der Waals surface area contributed by atoms with Gasteiger partial charge in [-0.25, -0.2) is 0 Å². The predicted octanol–water partition coefficient (Wildman–Crippen LogP) is 7.08. The van der Waals surface area contributed by atoms with Crippen LogP contribution in [0.5, 0.6) is 0 Å². The van der Waals surface area contributed by atoms with Gasteiger partial charge in [-0.15, -0.1) is 0 Å². The molecule has 1 saturated carbocycles. The van der Waals surface area contributed by atoms with Gasteiger partial charge in [-0.2, -0.15) is 0 Å². The molecule has 1 fully saturated rings. The molecule has 5 nitrogen and oxygen atoms in total. The summed E-state index contributed by atoms with van der Waals surface area (Å²) in [6.07, 6.45) is 10.0. The molecular weight excluding hydrogens is 420 g/mol. The molecule has 0 spiro atoms. The number of anilines is 1. The molecule has 5 heteroatoms. The van der Waals surface area contributed by atoms with Crippen molar-refractivity contribution in [1.29, 1.82) is 0 Å². The van der Waals surface area contributed by atoms with Crippen molar-refractivity contribution in [2.75, 3.05) is 26.0 Å². The summed E-state index contributed by atoms with van der Waals surface area (Å²) in [5.74, 6) is 0.806. The van der Waals surface area contributed by atoms with E-state index in [4.69, 9.17) is 0 Å². The van der Waals surface area contributed by atoms with Crippen molar-refractivity contribution >= 4 is 22.4 Å². The van der Waals surface area contributed by atoms with Crippen LogP contribution >= 0.6 is 0 Å². The number of nitrogens with zero attached hydrogens (tertiary/aromatic N) is 3. The fraction of sp³-hybridized carbons (Fsp3) is 0.483. The van der Waals surface area contributed by atoms with Gasteiger partial charge < -0.3 is 10.2 Å². The number of Topliss-reactive ketones (excluding diaryl/α,β-unsaturated/α-hetero) is 1. The molecule has 34 heavy (non-hydrogen) atoms. The molecule has 0 aliphatic heterocycles. The normalized spacial score (nSPS) is 17.3. The average Bonchev–Trinajstić information content (AvgIpc) is 2.87. The van der Waals surface area contributed by atoms with Crippen LogP contribution in [0.15, 0.2) is 48.9 Å². The number of benzene rings is 1. The molecule has 1 aliphatic carbocycles. The maximum Gasteiger partial charge on any atom is 0.163 e. The van der Waals surface area contributed by atoms with Gasteiger partial charge in [0, 0.05) is 36.6 Å². The first kappa shape index (κ1) is 27.5. The van der Waals surface area contributed by atoms with Gasteiger partial charge in [0.25, 0.3) is 0 Å². The maximum atomic E-state index is 12.4. The number of pyridine rings is 2. The Bertz CT molecular complexity index is 1020. The second-order valence-electron chi connectivity index (χ2n) is 8.70. The minimum Gasteiger partial charge on any atom is -0.381 e. The van der Waals surface area contributed by atoms with Crippen molar-refractivity contribution < 1.29 is 4.79 Å². The average molecular weight is 463 g/mol. The van der Waals surface area contributed by atoms with Crippen LogP contribution in [-0.2, 0) is 0 Å². The fourth-order valence-electron chi connectivity index (χ4n) is 4.55. The molecule has 3 aromatic rings. The number of carbonyl (C=O) groups excluding carboxylic acids is 1. The lowest BCUT2D eigenvalue weighted by atomic mass is 9.85. The van der Waals surface area contributed by atoms with Crippen molar-refractivity contribution in [3.05, 3.63) is 54.5 Å². The van der Waals surface area contributed by atoms with E-state index in [1.807, 2.05) is 45.9 Å². The summed E-state index contributed by atoms with van der Waals surface area (Å²) in [4.78, 5) is 23.3. The van der Waals surface area contributed by atoms with E-state index in [1.165, 1.54) is 12.8 Å². The van der Waals surface area contributed by atoms with E-state index in [9.17, 15) is 4.79 Å². The highest BCUT2D eigenvalue weighted by atomic mass is 16.1. The molecule has 0 radical (unpaired) electrons. The van der Waals surface area contributed by atoms with Gasteiger partial charge in [-0.1, -0.05) is 33.8 Å². The first-order valence-electron chi connectivity index (χ1n) is 12.8. The third kappa shape index (κ3) is 7.10. The van der Waals surface area contributed by atoms with Crippen molar-refractivity contribution in [3.8, 4) is 11.1 Å². The van der Waals surface area contributed by atoms with Gasteiger partial charge in [-0.05, 0) is 88.0 Å². The van der Waals surface area contributed by atoms with Gasteiger partial charge in [0.15, 0.2) is 5.78 Å². The van der Waals surface area contributed by atoms with Crippen LogP contribution in [0.3, 0.4) is 0 Å². The summed E-state index contributed by atoms with van der Waals surface area (Å²) >= 11 is 0. The highest BCUT2D eigenvalue weighted by molar-refractivity contribution is 6.07. The maximum absolute atomic E-state index is 12.4. The zero-order valence-electron chi connectivity index (χ0n) is 22.1. The number of aromatic nitrogens is 2. The van der Waals surface area contributed by atoms with E-state index in [1.54, 1.807) is 25.5 Å². The standard InChI is InChI=1S/C25H30N4O.2C2H6/c1-17(30)23-15-27-24-9-6-20(19-10-12-26-13-11-19)14-22(24)25(23)28-21-7-4-18(5-8-21)16-29(2)3;2*1-2/h6,9-15,18,21H,4-5,7-8,16H2,1-3H3,(H,27,28);2*1-2H3. The van der Waals surface area contributed by atoms with E-state index in [-0.39, 0.29) is 5.78 Å². The number of nitrogens with one attached hydrogen (secondary N) is 1. The molecule has 0 saturated heterocycles. The first-order valence-corrected chi connectivity index (χ1v) is 12.8. The van der Waals surface area contributed by atoms with Gasteiger partial charge in [0.05, 0.1) is 16.8 Å². The molecule has 2 heterocycles. The van der Waals surface area contributed by atoms with Crippen LogP contribution < -0.4 is 5.32 Å². The molecule has 0 bridgehead atoms. The third-order valence-corrected chi connectivity index (χ3v) is 6.08. The lowest BCUT2D eigenvalue weighted by Gasteiger charge is -2.32. The van der Waals surface area contributed by atoms with E-state index in [0.717, 1.165) is 53.0 Å². The number of carbonyl (C=O) groups is 1. The van der Waals surface area contributed by atoms with Crippen LogP contribution in [0.1, 0.15) is 70.7 Å². The number of hydrogen-bond donors (Lipinski definition) is 1. The summed E-state index contributed by atoms with van der Waals surface area (Å²) in [7, 11) is 4.29. The predicted molar refractivity (Wildman–Crippen MR) is 146 cm³/mol. The summed E-state index contributed by atoms with van der Waals surface area (Å²) in [6, 6.07) is 10.6. The number of ketones is 1. The molecule has 184 valence electrons. The van der Waals surface area contributed by atoms with Crippen molar-refractivity contribution in [2.24, 2.45) is 5.92 Å². The van der Waals surface area contributed by atoms with Gasteiger partial charge >= 0.3 is 0 Å². The SMILES string of the molecule is CC.CC.CC(=O)c1cnc2ccc(-c3ccncc3)cc2c1NC1CCC(CN(C)C)CC1. The minimum absolute atomic E-state index is 0.0440. The molecule has 1 aromatic carbocycles. The molecule has 1 aliphatic rings. The molecular formula is C29H42N4O. The minimum atomic E-state index is 0.0440. The van der Waals surface area contributed by atoms with Crippen molar-refractivity contribution in [3.63, 3.8) is 0 Å².